The van der Waals surface area contributed by atoms with E-state index < -0.39 is 0 Å². The van der Waals surface area contributed by atoms with Gasteiger partial charge in [-0.2, -0.15) is 0 Å². The van der Waals surface area contributed by atoms with Gasteiger partial charge in [0.2, 0.25) is 11.8 Å². The number of amides is 2. The minimum Gasteiger partial charge on any atom is -0.274 e. The van der Waals surface area contributed by atoms with Crippen molar-refractivity contribution in [3.8, 4) is 0 Å². The van der Waals surface area contributed by atoms with Gasteiger partial charge in [-0.15, -0.1) is 0 Å². The Bertz CT molecular complexity index is 698. The molecule has 3 nitrogen and oxygen atoms in total. The second-order valence-corrected chi connectivity index (χ2v) is 9.50. The summed E-state index contributed by atoms with van der Waals surface area (Å²) >= 11 is 5.85. The van der Waals surface area contributed by atoms with Crippen molar-refractivity contribution in [3.63, 3.8) is 0 Å². The summed E-state index contributed by atoms with van der Waals surface area (Å²) in [7, 11) is 0. The molecule has 4 heteroatoms. The number of benzene rings is 1. The first-order chi connectivity index (χ1) is 15.6. The van der Waals surface area contributed by atoms with Crippen molar-refractivity contribution in [2.45, 2.75) is 110 Å². The molecule has 1 aliphatic heterocycles. The van der Waals surface area contributed by atoms with Crippen molar-refractivity contribution in [1.82, 2.24) is 0 Å². The van der Waals surface area contributed by atoms with E-state index in [1.807, 2.05) is 0 Å². The number of anilines is 1. The highest BCUT2D eigenvalue weighted by atomic mass is 35.5. The summed E-state index contributed by atoms with van der Waals surface area (Å²) in [6.45, 7) is 2.27. The number of hydrogen-bond acceptors (Lipinski definition) is 2. The Balaban J connectivity index is 1.47. The van der Waals surface area contributed by atoms with Crippen LogP contribution in [0.1, 0.15) is 110 Å². The lowest BCUT2D eigenvalue weighted by Crippen LogP contribution is -2.30. The molecule has 1 atom stereocenters. The molecule has 1 aromatic rings. The van der Waals surface area contributed by atoms with E-state index in [9.17, 15) is 9.59 Å². The molecule has 1 saturated heterocycles. The third-order valence-electron chi connectivity index (χ3n) is 6.33. The second kappa shape index (κ2) is 16.1. The molecule has 1 aliphatic rings. The Labute approximate surface area is 200 Å². The summed E-state index contributed by atoms with van der Waals surface area (Å²) in [6, 6.07) is 7.80. The van der Waals surface area contributed by atoms with E-state index in [4.69, 9.17) is 11.6 Å². The average molecular weight is 459 g/mol. The minimum absolute atomic E-state index is 0.0971. The summed E-state index contributed by atoms with van der Waals surface area (Å²) in [4.78, 5) is 26.2. The molecule has 0 aliphatic carbocycles. The van der Waals surface area contributed by atoms with E-state index in [0.29, 0.717) is 17.1 Å². The highest BCUT2D eigenvalue weighted by molar-refractivity contribution is 6.30. The number of halogens is 1. The van der Waals surface area contributed by atoms with Crippen LogP contribution in [-0.4, -0.2) is 11.8 Å². The second-order valence-electron chi connectivity index (χ2n) is 9.09. The van der Waals surface area contributed by atoms with Crippen LogP contribution in [0.3, 0.4) is 0 Å². The molecule has 2 rings (SSSR count). The molecule has 32 heavy (non-hydrogen) atoms. The zero-order valence-electron chi connectivity index (χ0n) is 19.9. The van der Waals surface area contributed by atoms with Gasteiger partial charge >= 0.3 is 0 Å². The first kappa shape index (κ1) is 26.6. The third-order valence-corrected chi connectivity index (χ3v) is 6.56. The fourth-order valence-electron chi connectivity index (χ4n) is 4.36. The van der Waals surface area contributed by atoms with Crippen LogP contribution in [0, 0.1) is 12.0 Å². The first-order valence-corrected chi connectivity index (χ1v) is 13.2. The van der Waals surface area contributed by atoms with Crippen molar-refractivity contribution in [2.24, 2.45) is 5.92 Å². The number of allylic oxidation sites excluding steroid dienone is 2. The van der Waals surface area contributed by atoms with E-state index in [0.717, 1.165) is 19.3 Å². The van der Waals surface area contributed by atoms with Crippen LogP contribution < -0.4 is 4.90 Å². The Morgan fingerprint density at radius 2 is 1.50 bits per heavy atom. The van der Waals surface area contributed by atoms with Crippen LogP contribution in [0.5, 0.6) is 0 Å². The average Bonchev–Trinajstić information content (AvgIpc) is 3.07. The van der Waals surface area contributed by atoms with Crippen LogP contribution in [0.4, 0.5) is 5.69 Å². The van der Waals surface area contributed by atoms with Gasteiger partial charge in [0, 0.05) is 23.4 Å². The number of hydrogen-bond donors (Lipinski definition) is 0. The van der Waals surface area contributed by atoms with Crippen molar-refractivity contribution >= 4 is 29.1 Å². The van der Waals surface area contributed by atoms with Gasteiger partial charge in [0.05, 0.1) is 5.69 Å². The fraction of sp³-hybridized carbons (Fsp3) is 0.643. The zero-order valence-corrected chi connectivity index (χ0v) is 20.7. The largest absolute Gasteiger partial charge is 0.274 e. The Kier molecular flexibility index (Phi) is 13.4. The Hall–Kier alpha value is -1.61. The molecule has 0 N–H and O–H groups in total. The lowest BCUT2D eigenvalue weighted by Gasteiger charge is -2.14. The molecule has 1 fully saturated rings. The van der Waals surface area contributed by atoms with E-state index >= 15 is 0 Å². The van der Waals surface area contributed by atoms with Crippen molar-refractivity contribution in [2.75, 3.05) is 4.90 Å². The Morgan fingerprint density at radius 1 is 0.906 bits per heavy atom. The van der Waals surface area contributed by atoms with E-state index in [2.05, 4.69) is 25.1 Å². The summed E-state index contributed by atoms with van der Waals surface area (Å²) in [6.07, 6.45) is 23.9. The summed E-state index contributed by atoms with van der Waals surface area (Å²) in [5.74, 6) is -0.439. The normalized spacial score (nSPS) is 16.6. The highest BCUT2D eigenvalue weighted by Gasteiger charge is 2.38. The number of unbranched alkanes of at least 4 members (excludes halogenated alkanes) is 12. The molecule has 177 valence electrons. The molecular weight excluding hydrogens is 418 g/mol. The fourth-order valence-corrected chi connectivity index (χ4v) is 4.48. The predicted octanol–water partition coefficient (Wildman–Crippen LogP) is 8.45. The molecule has 1 aromatic carbocycles. The monoisotopic (exact) mass is 458 g/mol. The van der Waals surface area contributed by atoms with Crippen molar-refractivity contribution < 1.29 is 9.59 Å². The van der Waals surface area contributed by atoms with Gasteiger partial charge in [0.1, 0.15) is 0 Å². The third kappa shape index (κ3) is 9.90. The van der Waals surface area contributed by atoms with E-state index in [1.165, 1.54) is 81.9 Å². The molecule has 1 unspecified atom stereocenters. The number of rotatable bonds is 17. The maximum Gasteiger partial charge on any atom is 0.237 e. The molecule has 0 bridgehead atoms. The maximum atomic E-state index is 12.6. The lowest BCUT2D eigenvalue weighted by molar-refractivity contribution is -0.122. The van der Waals surface area contributed by atoms with E-state index in [-0.39, 0.29) is 17.7 Å². The Morgan fingerprint density at radius 3 is 2.09 bits per heavy atom. The molecular formula is C28H41ClNO2. The lowest BCUT2D eigenvalue weighted by atomic mass is 10.0. The van der Waals surface area contributed by atoms with Crippen LogP contribution in [0.15, 0.2) is 30.4 Å². The highest BCUT2D eigenvalue weighted by Crippen LogP contribution is 2.29. The SMILES string of the molecule is CCCCCCCCCCCCCCC=CCCC1CC(=O)N(c2c[c]c(Cl)cc2)C1=O. The molecule has 0 saturated carbocycles. The molecule has 1 heterocycles. The van der Waals surface area contributed by atoms with Crippen LogP contribution in [-0.2, 0) is 9.59 Å². The molecule has 0 aromatic heterocycles. The maximum absolute atomic E-state index is 12.6. The van der Waals surface area contributed by atoms with E-state index in [1.54, 1.807) is 18.2 Å². The van der Waals surface area contributed by atoms with Crippen LogP contribution >= 0.6 is 11.6 Å². The number of imide groups is 1. The molecule has 0 spiro atoms. The van der Waals surface area contributed by atoms with Crippen molar-refractivity contribution in [3.05, 3.63) is 41.4 Å². The number of carbonyl (C=O) groups excluding carboxylic acids is 2. The van der Waals surface area contributed by atoms with Crippen LogP contribution in [0.2, 0.25) is 5.02 Å². The van der Waals surface area contributed by atoms with Gasteiger partial charge in [0.25, 0.3) is 0 Å². The van der Waals surface area contributed by atoms with Gasteiger partial charge < -0.3 is 0 Å². The van der Waals surface area contributed by atoms with Gasteiger partial charge in [-0.25, -0.2) is 0 Å². The van der Waals surface area contributed by atoms with Crippen LogP contribution in [0.25, 0.3) is 0 Å². The van der Waals surface area contributed by atoms with Gasteiger partial charge in [-0.1, -0.05) is 101 Å². The summed E-state index contributed by atoms with van der Waals surface area (Å²) in [5, 5.41) is 0.475. The quantitative estimate of drug-likeness (QED) is 0.133. The number of carbonyl (C=O) groups is 2. The minimum atomic E-state index is -0.213. The number of nitrogens with zero attached hydrogens (tertiary/aromatic N) is 1. The smallest absolute Gasteiger partial charge is 0.237 e. The topological polar surface area (TPSA) is 37.4 Å². The molecule has 2 amide bonds. The summed E-state index contributed by atoms with van der Waals surface area (Å²) in [5.41, 5.74) is 0.564. The van der Waals surface area contributed by atoms with Gasteiger partial charge in [-0.05, 0) is 43.9 Å². The van der Waals surface area contributed by atoms with Gasteiger partial charge in [0.15, 0.2) is 0 Å². The van der Waals surface area contributed by atoms with Crippen molar-refractivity contribution in [1.29, 1.82) is 0 Å². The summed E-state index contributed by atoms with van der Waals surface area (Å²) < 4.78 is 0. The molecule has 1 radical (unpaired) electrons. The predicted molar refractivity (Wildman–Crippen MR) is 135 cm³/mol. The van der Waals surface area contributed by atoms with Gasteiger partial charge in [-0.3, -0.25) is 14.5 Å². The zero-order chi connectivity index (χ0) is 23.0. The first-order valence-electron chi connectivity index (χ1n) is 12.8. The standard InChI is InChI=1S/C28H41ClNO2/c1-2-3-4-5-6-7-8-9-10-11-12-13-14-15-16-17-18-24-23-27(31)30(28(24)32)26-21-19-25(29)20-22-26/h15-16,19,21-22,24H,2-14,17-18,23H2,1H3.